The van der Waals surface area contributed by atoms with Gasteiger partial charge >= 0.3 is 0 Å². The lowest BCUT2D eigenvalue weighted by Gasteiger charge is -2.67. The number of hydrogen-bond donors (Lipinski definition) is 1. The topological polar surface area (TPSA) is 32.3 Å². The van der Waals surface area contributed by atoms with Crippen LogP contribution in [0, 0.1) is 5.92 Å². The summed E-state index contributed by atoms with van der Waals surface area (Å²) in [5.41, 5.74) is 0.351. The number of amides is 1. The van der Waals surface area contributed by atoms with E-state index in [0.717, 1.165) is 19.0 Å². The fraction of sp³-hybridized carbons (Fsp3) is 0.889. The van der Waals surface area contributed by atoms with Gasteiger partial charge in [-0.3, -0.25) is 4.79 Å². The van der Waals surface area contributed by atoms with Gasteiger partial charge in [0.2, 0.25) is 5.91 Å². The van der Waals surface area contributed by atoms with E-state index in [2.05, 4.69) is 10.2 Å². The Balaban J connectivity index is 1.77. The van der Waals surface area contributed by atoms with Crippen molar-refractivity contribution < 1.29 is 4.79 Å². The quantitative estimate of drug-likeness (QED) is 0.593. The van der Waals surface area contributed by atoms with Gasteiger partial charge in [-0.2, -0.15) is 0 Å². The third-order valence-electron chi connectivity index (χ3n) is 3.67. The van der Waals surface area contributed by atoms with Gasteiger partial charge in [-0.25, -0.2) is 0 Å². The van der Waals surface area contributed by atoms with E-state index in [1.807, 2.05) is 0 Å². The zero-order valence-electron chi connectivity index (χ0n) is 7.18. The minimum absolute atomic E-state index is 0.319. The van der Waals surface area contributed by atoms with Crippen molar-refractivity contribution in [2.45, 2.75) is 24.8 Å². The van der Waals surface area contributed by atoms with Crippen LogP contribution < -0.4 is 5.32 Å². The molecule has 3 saturated carbocycles. The Morgan fingerprint density at radius 2 is 2.17 bits per heavy atom. The van der Waals surface area contributed by atoms with Gasteiger partial charge in [0.25, 0.3) is 0 Å². The summed E-state index contributed by atoms with van der Waals surface area (Å²) in [4.78, 5) is 13.7. The Labute approximate surface area is 72.1 Å². The van der Waals surface area contributed by atoms with Crippen LogP contribution in [0.2, 0.25) is 0 Å². The van der Waals surface area contributed by atoms with E-state index in [4.69, 9.17) is 0 Å². The molecule has 0 aromatic heterocycles. The molecule has 0 unspecified atom stereocenters. The summed E-state index contributed by atoms with van der Waals surface area (Å²) in [7, 11) is 0. The van der Waals surface area contributed by atoms with E-state index in [-0.39, 0.29) is 0 Å². The molecule has 12 heavy (non-hydrogen) atoms. The maximum atomic E-state index is 11.5. The first-order valence-corrected chi connectivity index (χ1v) is 4.81. The normalized spacial score (nSPS) is 45.2. The standard InChI is InChI=1S/C9H14N2O/c12-8-6-10-1-2-11(8)9-3-7(4-9)5-9/h7,10H,1-6H2. The second-order valence-corrected chi connectivity index (χ2v) is 4.42. The second-order valence-electron chi connectivity index (χ2n) is 4.42. The smallest absolute Gasteiger partial charge is 0.237 e. The molecule has 0 radical (unpaired) electrons. The van der Waals surface area contributed by atoms with E-state index in [1.165, 1.54) is 19.3 Å². The van der Waals surface area contributed by atoms with Gasteiger partial charge in [-0.05, 0) is 25.2 Å². The summed E-state index contributed by atoms with van der Waals surface area (Å²) < 4.78 is 0. The van der Waals surface area contributed by atoms with Crippen LogP contribution in [-0.2, 0) is 4.79 Å². The Morgan fingerprint density at radius 1 is 1.42 bits per heavy atom. The molecule has 4 aliphatic rings. The fourth-order valence-corrected chi connectivity index (χ4v) is 2.87. The van der Waals surface area contributed by atoms with Gasteiger partial charge in [0, 0.05) is 18.6 Å². The first kappa shape index (κ1) is 6.89. The minimum atomic E-state index is 0.319. The highest BCUT2D eigenvalue weighted by Gasteiger charge is 2.61. The van der Waals surface area contributed by atoms with Crippen LogP contribution >= 0.6 is 0 Å². The number of piperazine rings is 1. The lowest BCUT2D eigenvalue weighted by atomic mass is 9.49. The first-order chi connectivity index (χ1) is 5.80. The molecule has 3 nitrogen and oxygen atoms in total. The summed E-state index contributed by atoms with van der Waals surface area (Å²) in [5.74, 6) is 1.28. The lowest BCUT2D eigenvalue weighted by molar-refractivity contribution is -0.173. The molecule has 4 rings (SSSR count). The molecule has 0 aromatic carbocycles. The maximum absolute atomic E-state index is 11.5. The molecule has 1 saturated heterocycles. The largest absolute Gasteiger partial charge is 0.335 e. The van der Waals surface area contributed by atoms with Gasteiger partial charge in [0.05, 0.1) is 6.54 Å². The van der Waals surface area contributed by atoms with Crippen molar-refractivity contribution in [2.75, 3.05) is 19.6 Å². The number of nitrogens with one attached hydrogen (secondary N) is 1. The number of rotatable bonds is 1. The monoisotopic (exact) mass is 166 g/mol. The molecular weight excluding hydrogens is 152 g/mol. The molecule has 0 spiro atoms. The predicted octanol–water partition coefficient (Wildman–Crippen LogP) is -0.0293. The molecule has 0 aromatic rings. The van der Waals surface area contributed by atoms with E-state index in [0.29, 0.717) is 18.0 Å². The maximum Gasteiger partial charge on any atom is 0.237 e. The fourth-order valence-electron chi connectivity index (χ4n) is 2.87. The van der Waals surface area contributed by atoms with Crippen LogP contribution in [0.5, 0.6) is 0 Å². The summed E-state index contributed by atoms with van der Waals surface area (Å²) in [6.45, 7) is 2.48. The molecule has 3 heteroatoms. The Hall–Kier alpha value is -0.570. The average molecular weight is 166 g/mol. The van der Waals surface area contributed by atoms with Crippen molar-refractivity contribution in [3.63, 3.8) is 0 Å². The van der Waals surface area contributed by atoms with Crippen molar-refractivity contribution in [1.82, 2.24) is 10.2 Å². The van der Waals surface area contributed by atoms with E-state index < -0.39 is 0 Å². The van der Waals surface area contributed by atoms with Crippen LogP contribution in [0.4, 0.5) is 0 Å². The Bertz CT molecular complexity index is 222. The van der Waals surface area contributed by atoms with Crippen LogP contribution in [0.15, 0.2) is 0 Å². The molecule has 1 heterocycles. The van der Waals surface area contributed by atoms with Crippen LogP contribution in [0.1, 0.15) is 19.3 Å². The highest BCUT2D eigenvalue weighted by Crippen LogP contribution is 2.60. The van der Waals surface area contributed by atoms with Gasteiger partial charge in [-0.15, -0.1) is 0 Å². The van der Waals surface area contributed by atoms with E-state index >= 15 is 0 Å². The van der Waals surface area contributed by atoms with Crippen molar-refractivity contribution in [1.29, 1.82) is 0 Å². The SMILES string of the molecule is O=C1CNCCN1C12CC(C1)C2. The minimum Gasteiger partial charge on any atom is -0.335 e. The molecule has 3 aliphatic carbocycles. The third kappa shape index (κ3) is 0.678. The lowest BCUT2D eigenvalue weighted by Crippen LogP contribution is -2.72. The van der Waals surface area contributed by atoms with Gasteiger partial charge in [-0.1, -0.05) is 0 Å². The van der Waals surface area contributed by atoms with Crippen molar-refractivity contribution in [3.8, 4) is 0 Å². The van der Waals surface area contributed by atoms with Crippen LogP contribution in [-0.4, -0.2) is 36.0 Å². The molecular formula is C9H14N2O. The highest BCUT2D eigenvalue weighted by atomic mass is 16.2. The number of carbonyl (C=O) groups is 1. The van der Waals surface area contributed by atoms with E-state index in [1.54, 1.807) is 0 Å². The van der Waals surface area contributed by atoms with Gasteiger partial charge in [0.15, 0.2) is 0 Å². The number of hydrogen-bond acceptors (Lipinski definition) is 2. The van der Waals surface area contributed by atoms with Crippen molar-refractivity contribution >= 4 is 5.91 Å². The van der Waals surface area contributed by atoms with E-state index in [9.17, 15) is 4.79 Å². The summed E-state index contributed by atoms with van der Waals surface area (Å²) in [6.07, 6.45) is 3.87. The molecule has 1 aliphatic heterocycles. The summed E-state index contributed by atoms with van der Waals surface area (Å²) >= 11 is 0. The molecule has 66 valence electrons. The predicted molar refractivity (Wildman–Crippen MR) is 44.7 cm³/mol. The first-order valence-electron chi connectivity index (χ1n) is 4.81. The Kier molecular flexibility index (Phi) is 1.16. The van der Waals surface area contributed by atoms with Gasteiger partial charge in [0.1, 0.15) is 0 Å². The summed E-state index contributed by atoms with van der Waals surface area (Å²) in [5, 5.41) is 3.11. The number of nitrogens with zero attached hydrogens (tertiary/aromatic N) is 1. The second kappa shape index (κ2) is 2.02. The molecule has 1 N–H and O–H groups in total. The van der Waals surface area contributed by atoms with Gasteiger partial charge < -0.3 is 10.2 Å². The van der Waals surface area contributed by atoms with Crippen LogP contribution in [0.3, 0.4) is 0 Å². The molecule has 2 bridgehead atoms. The van der Waals surface area contributed by atoms with Crippen LogP contribution in [0.25, 0.3) is 0 Å². The number of carbonyl (C=O) groups excluding carboxylic acids is 1. The van der Waals surface area contributed by atoms with Crippen molar-refractivity contribution in [3.05, 3.63) is 0 Å². The Morgan fingerprint density at radius 3 is 2.67 bits per heavy atom. The average Bonchev–Trinajstić information content (AvgIpc) is 1.87. The zero-order valence-corrected chi connectivity index (χ0v) is 7.18. The zero-order chi connectivity index (χ0) is 8.18. The highest BCUT2D eigenvalue weighted by molar-refractivity contribution is 5.80. The molecule has 4 fully saturated rings. The molecule has 0 atom stereocenters. The third-order valence-corrected chi connectivity index (χ3v) is 3.67. The summed E-state index contributed by atoms with van der Waals surface area (Å²) in [6, 6.07) is 0. The van der Waals surface area contributed by atoms with Crippen molar-refractivity contribution in [2.24, 2.45) is 5.92 Å². The molecule has 1 amide bonds.